The molecule has 0 unspecified atom stereocenters. The number of carboxylic acids is 1. The maximum Gasteiger partial charge on any atom is 0.354 e. The molecular weight excluding hydrogens is 438 g/mol. The number of pyridine rings is 1. The van der Waals surface area contributed by atoms with Crippen LogP contribution in [0.15, 0.2) is 52.6 Å². The Morgan fingerprint density at radius 2 is 2.11 bits per heavy atom. The molecule has 0 bridgehead atoms. The molecule has 0 saturated heterocycles. The third kappa shape index (κ3) is 3.25. The molecule has 4 aromatic rings. The number of hydrogen-bond donors (Lipinski definition) is 1. The molecule has 28 heavy (non-hydrogen) atoms. The summed E-state index contributed by atoms with van der Waals surface area (Å²) in [7, 11) is 0. The van der Waals surface area contributed by atoms with E-state index in [1.807, 2.05) is 38.1 Å². The average molecular weight is 456 g/mol. The van der Waals surface area contributed by atoms with Gasteiger partial charge in [0.15, 0.2) is 5.69 Å². The molecule has 3 aromatic heterocycles. The van der Waals surface area contributed by atoms with Gasteiger partial charge in [-0.25, -0.2) is 9.78 Å². The number of rotatable bonds is 5. The molecule has 0 spiro atoms. The molecule has 0 aliphatic rings. The summed E-state index contributed by atoms with van der Waals surface area (Å²) in [5.41, 5.74) is 2.69. The quantitative estimate of drug-likeness (QED) is 0.413. The van der Waals surface area contributed by atoms with Crippen molar-refractivity contribution in [1.29, 1.82) is 0 Å². The second-order valence-electron chi connectivity index (χ2n) is 6.83. The van der Waals surface area contributed by atoms with Crippen LogP contribution in [-0.4, -0.2) is 25.6 Å². The predicted molar refractivity (Wildman–Crippen MR) is 115 cm³/mol. The normalized spacial score (nSPS) is 11.4. The maximum atomic E-state index is 12.2. The lowest BCUT2D eigenvalue weighted by atomic mass is 10.1. The van der Waals surface area contributed by atoms with Crippen molar-refractivity contribution in [2.45, 2.75) is 26.3 Å². The molecule has 5 nitrogen and oxygen atoms in total. The van der Waals surface area contributed by atoms with E-state index < -0.39 is 5.97 Å². The number of aromatic carboxylic acids is 1. The molecule has 7 heteroatoms. The molecule has 4 rings (SSSR count). The SMILES string of the molecule is CC(C)c1nc(-c2cccnc2)n(Cc2csc3cccc(Br)c23)c1C(=O)O. The van der Waals surface area contributed by atoms with Gasteiger partial charge in [0.1, 0.15) is 5.82 Å². The topological polar surface area (TPSA) is 68.0 Å². The molecule has 0 amide bonds. The molecule has 1 N–H and O–H groups in total. The monoisotopic (exact) mass is 455 g/mol. The summed E-state index contributed by atoms with van der Waals surface area (Å²) >= 11 is 5.29. The summed E-state index contributed by atoms with van der Waals surface area (Å²) in [5.74, 6) is -0.348. The van der Waals surface area contributed by atoms with Crippen molar-refractivity contribution in [3.63, 3.8) is 0 Å². The van der Waals surface area contributed by atoms with Crippen LogP contribution in [0.1, 0.15) is 41.5 Å². The lowest BCUT2D eigenvalue weighted by molar-refractivity contribution is 0.0684. The Balaban J connectivity index is 1.95. The van der Waals surface area contributed by atoms with Gasteiger partial charge in [-0.05, 0) is 41.1 Å². The lowest BCUT2D eigenvalue weighted by Gasteiger charge is -2.11. The number of carboxylic acid groups (broad SMARTS) is 1. The van der Waals surface area contributed by atoms with Gasteiger partial charge in [0, 0.05) is 32.5 Å². The van der Waals surface area contributed by atoms with Gasteiger partial charge < -0.3 is 9.67 Å². The van der Waals surface area contributed by atoms with Crippen molar-refractivity contribution in [3.8, 4) is 11.4 Å². The van der Waals surface area contributed by atoms with Crippen molar-refractivity contribution in [2.24, 2.45) is 0 Å². The Morgan fingerprint density at radius 3 is 2.79 bits per heavy atom. The number of benzene rings is 1. The minimum absolute atomic E-state index is 0.00581. The average Bonchev–Trinajstić information content (AvgIpc) is 3.26. The fourth-order valence-electron chi connectivity index (χ4n) is 3.36. The van der Waals surface area contributed by atoms with E-state index in [4.69, 9.17) is 4.98 Å². The summed E-state index contributed by atoms with van der Waals surface area (Å²) in [6, 6.07) is 9.82. The van der Waals surface area contributed by atoms with Crippen LogP contribution in [0.3, 0.4) is 0 Å². The van der Waals surface area contributed by atoms with Crippen molar-refractivity contribution >= 4 is 43.3 Å². The summed E-state index contributed by atoms with van der Waals surface area (Å²) < 4.78 is 3.97. The van der Waals surface area contributed by atoms with Gasteiger partial charge in [-0.3, -0.25) is 4.98 Å². The zero-order valence-electron chi connectivity index (χ0n) is 15.4. The van der Waals surface area contributed by atoms with Crippen LogP contribution < -0.4 is 0 Å². The summed E-state index contributed by atoms with van der Waals surface area (Å²) in [4.78, 5) is 21.1. The lowest BCUT2D eigenvalue weighted by Crippen LogP contribution is -2.13. The second-order valence-corrected chi connectivity index (χ2v) is 8.60. The third-order valence-electron chi connectivity index (χ3n) is 4.62. The van der Waals surface area contributed by atoms with Crippen molar-refractivity contribution < 1.29 is 9.90 Å². The Kier molecular flexibility index (Phi) is 5.03. The molecule has 142 valence electrons. The van der Waals surface area contributed by atoms with Crippen molar-refractivity contribution in [2.75, 3.05) is 0 Å². The smallest absolute Gasteiger partial charge is 0.354 e. The molecule has 0 aliphatic carbocycles. The number of fused-ring (bicyclic) bond motifs is 1. The van der Waals surface area contributed by atoms with E-state index in [0.29, 0.717) is 18.1 Å². The van der Waals surface area contributed by atoms with Gasteiger partial charge >= 0.3 is 5.97 Å². The van der Waals surface area contributed by atoms with E-state index >= 15 is 0 Å². The minimum Gasteiger partial charge on any atom is -0.477 e. The first kappa shape index (κ1) is 18.8. The van der Waals surface area contributed by atoms with E-state index in [9.17, 15) is 9.90 Å². The number of thiophene rings is 1. The van der Waals surface area contributed by atoms with Crippen molar-refractivity contribution in [3.05, 3.63) is 69.5 Å². The number of hydrogen-bond acceptors (Lipinski definition) is 4. The first-order valence-corrected chi connectivity index (χ1v) is 10.5. The van der Waals surface area contributed by atoms with Crippen LogP contribution >= 0.6 is 27.3 Å². The third-order valence-corrected chi connectivity index (χ3v) is 6.27. The van der Waals surface area contributed by atoms with Crippen LogP contribution in [0.4, 0.5) is 0 Å². The molecular formula is C21H18BrN3O2S. The summed E-state index contributed by atoms with van der Waals surface area (Å²) in [6.45, 7) is 4.35. The van der Waals surface area contributed by atoms with Gasteiger partial charge in [0.25, 0.3) is 0 Å². The van der Waals surface area contributed by atoms with E-state index in [2.05, 4.69) is 32.4 Å². The van der Waals surface area contributed by atoms with Crippen LogP contribution in [0.5, 0.6) is 0 Å². The highest BCUT2D eigenvalue weighted by atomic mass is 79.9. The Labute approximate surface area is 174 Å². The molecule has 0 saturated carbocycles. The minimum atomic E-state index is -0.968. The van der Waals surface area contributed by atoms with Crippen LogP contribution in [0.2, 0.25) is 0 Å². The molecule has 1 aromatic carbocycles. The highest BCUT2D eigenvalue weighted by molar-refractivity contribution is 9.10. The number of imidazole rings is 1. The number of halogens is 1. The maximum absolute atomic E-state index is 12.2. The van der Waals surface area contributed by atoms with E-state index in [-0.39, 0.29) is 11.6 Å². The van der Waals surface area contributed by atoms with Gasteiger partial charge in [0.05, 0.1) is 12.2 Å². The molecule has 0 radical (unpaired) electrons. The fraction of sp³-hybridized carbons (Fsp3) is 0.190. The van der Waals surface area contributed by atoms with Gasteiger partial charge in [-0.15, -0.1) is 11.3 Å². The number of aromatic nitrogens is 3. The second kappa shape index (κ2) is 7.48. The van der Waals surface area contributed by atoms with Crippen LogP contribution in [0, 0.1) is 0 Å². The Bertz CT molecular complexity index is 1170. The summed E-state index contributed by atoms with van der Waals surface area (Å²) in [6.07, 6.45) is 3.41. The largest absolute Gasteiger partial charge is 0.477 e. The first-order valence-electron chi connectivity index (χ1n) is 8.86. The summed E-state index contributed by atoms with van der Waals surface area (Å²) in [5, 5.41) is 13.2. The van der Waals surface area contributed by atoms with Gasteiger partial charge in [-0.1, -0.05) is 35.8 Å². The fourth-order valence-corrected chi connectivity index (χ4v) is 5.09. The van der Waals surface area contributed by atoms with Gasteiger partial charge in [0.2, 0.25) is 0 Å². The predicted octanol–water partition coefficient (Wildman–Crippen LogP) is 5.79. The molecule has 0 fully saturated rings. The highest BCUT2D eigenvalue weighted by Crippen LogP contribution is 2.35. The standard InChI is InChI=1S/C21H18BrN3O2S/c1-12(2)18-19(21(26)27)25(20(24-18)13-5-4-8-23-9-13)10-14-11-28-16-7-3-6-15(22)17(14)16/h3-9,11-12H,10H2,1-2H3,(H,26,27). The Morgan fingerprint density at radius 1 is 1.29 bits per heavy atom. The molecule has 0 atom stereocenters. The first-order chi connectivity index (χ1) is 13.5. The van der Waals surface area contributed by atoms with E-state index in [0.717, 1.165) is 25.7 Å². The van der Waals surface area contributed by atoms with Crippen LogP contribution in [-0.2, 0) is 6.54 Å². The van der Waals surface area contributed by atoms with Gasteiger partial charge in [-0.2, -0.15) is 0 Å². The number of carbonyl (C=O) groups is 1. The van der Waals surface area contributed by atoms with Crippen molar-refractivity contribution in [1.82, 2.24) is 14.5 Å². The van der Waals surface area contributed by atoms with Crippen LogP contribution in [0.25, 0.3) is 21.5 Å². The Hall–Kier alpha value is -2.51. The van der Waals surface area contributed by atoms with E-state index in [1.165, 1.54) is 0 Å². The number of nitrogens with zero attached hydrogens (tertiary/aromatic N) is 3. The molecule has 0 aliphatic heterocycles. The zero-order chi connectivity index (χ0) is 19.8. The zero-order valence-corrected chi connectivity index (χ0v) is 17.8. The molecule has 3 heterocycles. The van der Waals surface area contributed by atoms with E-state index in [1.54, 1.807) is 28.3 Å². The highest BCUT2D eigenvalue weighted by Gasteiger charge is 2.26.